The lowest BCUT2D eigenvalue weighted by molar-refractivity contribution is 0.429. The highest BCUT2D eigenvalue weighted by Gasteiger charge is 2.16. The SMILES string of the molecule is O=S(=O)(O)C(F)Cl. The van der Waals surface area contributed by atoms with Gasteiger partial charge in [-0.25, -0.2) is 4.39 Å². The Morgan fingerprint density at radius 2 is 1.86 bits per heavy atom. The third kappa shape index (κ3) is 2.78. The van der Waals surface area contributed by atoms with E-state index in [1.165, 1.54) is 0 Å². The molecule has 0 aliphatic rings. The van der Waals surface area contributed by atoms with Gasteiger partial charge in [0.1, 0.15) is 0 Å². The first kappa shape index (κ1) is 7.13. The Balaban J connectivity index is 4.10. The van der Waals surface area contributed by atoms with E-state index >= 15 is 0 Å². The van der Waals surface area contributed by atoms with Crippen LogP contribution in [0, 0.1) is 0 Å². The van der Waals surface area contributed by atoms with Crippen LogP contribution in [0.25, 0.3) is 0 Å². The Bertz CT molecular complexity index is 137. The Kier molecular flexibility index (Phi) is 1.97. The second kappa shape index (κ2) is 1.94. The Labute approximate surface area is 44.8 Å². The average molecular weight is 149 g/mol. The standard InChI is InChI=1S/CH2ClFO3S/c2-1(3)7(4,5)6/h1H,(H,4,5,6). The molecule has 1 unspecified atom stereocenters. The van der Waals surface area contributed by atoms with Gasteiger partial charge >= 0.3 is 10.1 Å². The van der Waals surface area contributed by atoms with Crippen LogP contribution in [0.2, 0.25) is 0 Å². The summed E-state index contributed by atoms with van der Waals surface area (Å²) < 4.78 is 37.5. The van der Waals surface area contributed by atoms with Gasteiger partial charge in [0, 0.05) is 0 Å². The van der Waals surface area contributed by atoms with Gasteiger partial charge in [0.2, 0.25) is 0 Å². The Hall–Kier alpha value is 0.130. The fourth-order valence-corrected chi connectivity index (χ4v) is 0. The second-order valence-electron chi connectivity index (χ2n) is 0.776. The molecule has 44 valence electrons. The molecule has 0 amide bonds. The molecule has 6 heteroatoms. The van der Waals surface area contributed by atoms with Crippen molar-refractivity contribution in [2.24, 2.45) is 0 Å². The lowest BCUT2D eigenvalue weighted by atomic mass is 11.8. The van der Waals surface area contributed by atoms with E-state index in [0.717, 1.165) is 0 Å². The molecule has 0 saturated carbocycles. The van der Waals surface area contributed by atoms with Crippen LogP contribution >= 0.6 is 11.6 Å². The first-order chi connectivity index (χ1) is 2.94. The molecule has 0 saturated heterocycles. The van der Waals surface area contributed by atoms with Crippen molar-refractivity contribution in [2.75, 3.05) is 0 Å². The summed E-state index contributed by atoms with van der Waals surface area (Å²) in [6, 6.07) is 0. The number of halogens is 2. The van der Waals surface area contributed by atoms with E-state index in [1.807, 2.05) is 0 Å². The van der Waals surface area contributed by atoms with Crippen LogP contribution in [0.1, 0.15) is 0 Å². The molecule has 0 aromatic heterocycles. The van der Waals surface area contributed by atoms with E-state index in [9.17, 15) is 12.8 Å². The minimum Gasteiger partial charge on any atom is -0.282 e. The Morgan fingerprint density at radius 3 is 1.86 bits per heavy atom. The van der Waals surface area contributed by atoms with Gasteiger partial charge < -0.3 is 0 Å². The molecule has 3 nitrogen and oxygen atoms in total. The Morgan fingerprint density at radius 1 is 1.71 bits per heavy atom. The van der Waals surface area contributed by atoms with Crippen LogP contribution in [0.3, 0.4) is 0 Å². The quantitative estimate of drug-likeness (QED) is 0.432. The van der Waals surface area contributed by atoms with Crippen LogP contribution in [0.4, 0.5) is 4.39 Å². The first-order valence-corrected chi connectivity index (χ1v) is 3.13. The number of alkyl halides is 2. The van der Waals surface area contributed by atoms with Gasteiger partial charge in [-0.2, -0.15) is 8.42 Å². The van der Waals surface area contributed by atoms with Gasteiger partial charge in [0.05, 0.1) is 0 Å². The summed E-state index contributed by atoms with van der Waals surface area (Å²) >= 11 is 4.25. The van der Waals surface area contributed by atoms with Crippen molar-refractivity contribution in [3.63, 3.8) is 0 Å². The van der Waals surface area contributed by atoms with E-state index < -0.39 is 15.1 Å². The normalized spacial score (nSPS) is 16.4. The molecule has 0 radical (unpaired) electrons. The molecule has 0 spiro atoms. The van der Waals surface area contributed by atoms with Gasteiger partial charge in [-0.1, -0.05) is 11.6 Å². The average Bonchev–Trinajstić information content (AvgIpc) is 1.31. The van der Waals surface area contributed by atoms with Gasteiger partial charge in [-0.15, -0.1) is 0 Å². The fourth-order valence-electron chi connectivity index (χ4n) is 0. The van der Waals surface area contributed by atoms with Crippen molar-refractivity contribution < 1.29 is 17.4 Å². The highest BCUT2D eigenvalue weighted by molar-refractivity contribution is 7.87. The molecule has 1 N–H and O–H groups in total. The largest absolute Gasteiger partial charge is 0.312 e. The molecule has 0 aromatic carbocycles. The molecule has 0 aromatic rings. The van der Waals surface area contributed by atoms with E-state index in [2.05, 4.69) is 11.6 Å². The molecule has 7 heavy (non-hydrogen) atoms. The molecule has 0 heterocycles. The van der Waals surface area contributed by atoms with Crippen molar-refractivity contribution in [3.05, 3.63) is 0 Å². The van der Waals surface area contributed by atoms with Crippen molar-refractivity contribution in [1.29, 1.82) is 0 Å². The summed E-state index contributed by atoms with van der Waals surface area (Å²) in [6.07, 6.45) is 0. The van der Waals surface area contributed by atoms with Crippen molar-refractivity contribution >= 4 is 21.7 Å². The highest BCUT2D eigenvalue weighted by atomic mass is 35.5. The summed E-state index contributed by atoms with van der Waals surface area (Å²) in [6.45, 7) is 0. The van der Waals surface area contributed by atoms with Crippen LogP contribution in [0.15, 0.2) is 0 Å². The van der Waals surface area contributed by atoms with Gasteiger partial charge in [0.25, 0.3) is 4.96 Å². The minimum absolute atomic E-state index is 2.70. The third-order valence-electron chi connectivity index (χ3n) is 0.225. The number of hydrogen-bond donors (Lipinski definition) is 1. The van der Waals surface area contributed by atoms with Crippen molar-refractivity contribution in [3.8, 4) is 0 Å². The lowest BCUT2D eigenvalue weighted by Crippen LogP contribution is -2.06. The minimum atomic E-state index is -4.64. The second-order valence-corrected chi connectivity index (χ2v) is 2.86. The van der Waals surface area contributed by atoms with Crippen LogP contribution in [-0.4, -0.2) is 17.9 Å². The number of rotatable bonds is 1. The first-order valence-electron chi connectivity index (χ1n) is 1.19. The predicted molar refractivity (Wildman–Crippen MR) is 22.3 cm³/mol. The van der Waals surface area contributed by atoms with E-state index in [0.29, 0.717) is 0 Å². The summed E-state index contributed by atoms with van der Waals surface area (Å²) in [5.41, 5.74) is 0. The summed E-state index contributed by atoms with van der Waals surface area (Å²) in [5, 5.41) is 0. The molecule has 0 aliphatic carbocycles. The maximum Gasteiger partial charge on any atom is 0.312 e. The molecule has 0 bridgehead atoms. The zero-order valence-electron chi connectivity index (χ0n) is 3.01. The van der Waals surface area contributed by atoms with Crippen LogP contribution in [0.5, 0.6) is 0 Å². The molecule has 0 aliphatic heterocycles. The smallest absolute Gasteiger partial charge is 0.282 e. The summed E-state index contributed by atoms with van der Waals surface area (Å²) in [5.74, 6) is 0. The summed E-state index contributed by atoms with van der Waals surface area (Å²) in [7, 11) is -4.64. The molecule has 1 atom stereocenters. The van der Waals surface area contributed by atoms with Gasteiger partial charge in [-0.05, 0) is 0 Å². The van der Waals surface area contributed by atoms with Gasteiger partial charge in [-0.3, -0.25) is 4.55 Å². The van der Waals surface area contributed by atoms with E-state index in [1.54, 1.807) is 0 Å². The van der Waals surface area contributed by atoms with Crippen molar-refractivity contribution in [1.82, 2.24) is 0 Å². The fraction of sp³-hybridized carbons (Fsp3) is 1.00. The topological polar surface area (TPSA) is 54.4 Å². The molecular weight excluding hydrogens is 147 g/mol. The number of hydrogen-bond acceptors (Lipinski definition) is 2. The van der Waals surface area contributed by atoms with E-state index in [-0.39, 0.29) is 0 Å². The maximum absolute atomic E-state index is 11.1. The third-order valence-corrected chi connectivity index (χ3v) is 1.35. The van der Waals surface area contributed by atoms with Gasteiger partial charge in [0.15, 0.2) is 0 Å². The highest BCUT2D eigenvalue weighted by Crippen LogP contribution is 2.03. The lowest BCUT2D eigenvalue weighted by Gasteiger charge is -1.88. The predicted octanol–water partition coefficient (Wildman–Crippen LogP) is 0.366. The monoisotopic (exact) mass is 148 g/mol. The van der Waals surface area contributed by atoms with E-state index in [4.69, 9.17) is 4.55 Å². The van der Waals surface area contributed by atoms with Crippen molar-refractivity contribution in [2.45, 2.75) is 4.96 Å². The molecular formula is CH2ClFO3S. The molecule has 0 rings (SSSR count). The summed E-state index contributed by atoms with van der Waals surface area (Å²) in [4.78, 5) is -2.70. The van der Waals surface area contributed by atoms with Crippen LogP contribution < -0.4 is 0 Å². The maximum atomic E-state index is 11.1. The van der Waals surface area contributed by atoms with Crippen LogP contribution in [-0.2, 0) is 10.1 Å². The zero-order valence-corrected chi connectivity index (χ0v) is 4.58. The molecule has 0 fully saturated rings. The zero-order chi connectivity index (χ0) is 6.08.